The second-order valence-corrected chi connectivity index (χ2v) is 4.82. The van der Waals surface area contributed by atoms with E-state index in [9.17, 15) is 0 Å². The highest BCUT2D eigenvalue weighted by atomic mass is 79.9. The number of aryl methyl sites for hydroxylation is 2. The molecule has 0 aromatic carbocycles. The van der Waals surface area contributed by atoms with Gasteiger partial charge in [0, 0.05) is 8.96 Å². The summed E-state index contributed by atoms with van der Waals surface area (Å²) in [6.07, 6.45) is 0. The zero-order chi connectivity index (χ0) is 10.9. The van der Waals surface area contributed by atoms with Gasteiger partial charge in [0.1, 0.15) is 11.4 Å². The molecule has 14 heavy (non-hydrogen) atoms. The van der Waals surface area contributed by atoms with Crippen LogP contribution in [0.3, 0.4) is 0 Å². The summed E-state index contributed by atoms with van der Waals surface area (Å²) in [5.41, 5.74) is 3.26. The quantitative estimate of drug-likeness (QED) is 0.828. The van der Waals surface area contributed by atoms with Gasteiger partial charge in [0.15, 0.2) is 0 Å². The van der Waals surface area contributed by atoms with Gasteiger partial charge >= 0.3 is 0 Å². The maximum atomic E-state index is 4.39. The average Bonchev–Trinajstić information content (AvgIpc) is 2.08. The monoisotopic (exact) mass is 316 g/mol. The molecule has 2 nitrogen and oxygen atoms in total. The van der Waals surface area contributed by atoms with Gasteiger partial charge in [0.2, 0.25) is 0 Å². The molecule has 74 valence electrons. The van der Waals surface area contributed by atoms with E-state index in [2.05, 4.69) is 55.0 Å². The van der Waals surface area contributed by atoms with Crippen molar-refractivity contribution in [1.82, 2.24) is 9.97 Å². The highest BCUT2D eigenvalue weighted by Gasteiger charge is 2.11. The molecule has 1 aromatic heterocycles. The fraction of sp³-hybridized carbons (Fsp3) is 0.200. The first-order valence-corrected chi connectivity index (χ1v) is 5.57. The molecule has 0 atom stereocenters. The van der Waals surface area contributed by atoms with Crippen molar-refractivity contribution < 1.29 is 0 Å². The first kappa shape index (κ1) is 11.6. The molecule has 0 aliphatic carbocycles. The van der Waals surface area contributed by atoms with Crippen molar-refractivity contribution in [2.24, 2.45) is 0 Å². The Kier molecular flexibility index (Phi) is 3.61. The molecule has 1 aromatic rings. The van der Waals surface area contributed by atoms with Crippen molar-refractivity contribution in [3.05, 3.63) is 35.9 Å². The number of rotatable bonds is 2. The molecule has 0 aliphatic heterocycles. The van der Waals surface area contributed by atoms with Crippen LogP contribution in [0.4, 0.5) is 0 Å². The van der Waals surface area contributed by atoms with Crippen molar-refractivity contribution in [3.8, 4) is 0 Å². The lowest BCUT2D eigenvalue weighted by Gasteiger charge is -2.08. The van der Waals surface area contributed by atoms with Crippen LogP contribution in [0.2, 0.25) is 0 Å². The Hall–Kier alpha value is -0.480. The van der Waals surface area contributed by atoms with E-state index in [1.165, 1.54) is 0 Å². The van der Waals surface area contributed by atoms with Crippen LogP contribution in [0.1, 0.15) is 22.8 Å². The lowest BCUT2D eigenvalue weighted by molar-refractivity contribution is 1.02. The lowest BCUT2D eigenvalue weighted by atomic mass is 10.2. The third kappa shape index (κ3) is 2.30. The number of aromatic nitrogens is 2. The summed E-state index contributed by atoms with van der Waals surface area (Å²) >= 11 is 6.60. The second-order valence-electron chi connectivity index (χ2n) is 2.90. The topological polar surface area (TPSA) is 25.8 Å². The Balaban J connectivity index is 3.46. The first-order valence-electron chi connectivity index (χ1n) is 3.98. The SMILES string of the molecule is C=C(Br)c1nc(C)c(C)nc1C(=C)Br. The smallest absolute Gasteiger partial charge is 0.104 e. The molecule has 0 radical (unpaired) electrons. The Morgan fingerprint density at radius 2 is 1.21 bits per heavy atom. The summed E-state index contributed by atoms with van der Waals surface area (Å²) in [5.74, 6) is 0. The molecule has 0 fully saturated rings. The Labute approximate surface area is 100 Å². The summed E-state index contributed by atoms with van der Waals surface area (Å²) < 4.78 is 1.42. The fourth-order valence-corrected chi connectivity index (χ4v) is 1.53. The number of hydrogen-bond acceptors (Lipinski definition) is 2. The van der Waals surface area contributed by atoms with Crippen molar-refractivity contribution in [2.75, 3.05) is 0 Å². The molecule has 0 bridgehead atoms. The van der Waals surface area contributed by atoms with Crippen molar-refractivity contribution in [2.45, 2.75) is 13.8 Å². The summed E-state index contributed by atoms with van der Waals surface area (Å²) in [5, 5.41) is 0. The molecule has 0 aliphatic rings. The van der Waals surface area contributed by atoms with Crippen LogP contribution in [0, 0.1) is 13.8 Å². The Bertz CT molecular complexity index is 372. The zero-order valence-corrected chi connectivity index (χ0v) is 11.2. The lowest BCUT2D eigenvalue weighted by Crippen LogP contribution is -2.01. The minimum absolute atomic E-state index is 0.712. The van der Waals surface area contributed by atoms with Gasteiger partial charge in [-0.1, -0.05) is 13.2 Å². The number of halogens is 2. The molecule has 0 spiro atoms. The molecular formula is C10H10Br2N2. The van der Waals surface area contributed by atoms with Crippen LogP contribution < -0.4 is 0 Å². The predicted octanol–water partition coefficient (Wildman–Crippen LogP) is 3.82. The van der Waals surface area contributed by atoms with Crippen molar-refractivity contribution >= 4 is 40.8 Å². The predicted molar refractivity (Wildman–Crippen MR) is 67.4 cm³/mol. The van der Waals surface area contributed by atoms with E-state index >= 15 is 0 Å². The van der Waals surface area contributed by atoms with E-state index in [0.29, 0.717) is 8.96 Å². The van der Waals surface area contributed by atoms with Gasteiger partial charge in [-0.25, -0.2) is 9.97 Å². The van der Waals surface area contributed by atoms with E-state index in [1.54, 1.807) is 0 Å². The molecule has 1 rings (SSSR count). The van der Waals surface area contributed by atoms with Gasteiger partial charge in [0.05, 0.1) is 11.4 Å². The van der Waals surface area contributed by atoms with Gasteiger partial charge in [-0.15, -0.1) is 0 Å². The van der Waals surface area contributed by atoms with Crippen molar-refractivity contribution in [1.29, 1.82) is 0 Å². The number of hydrogen-bond donors (Lipinski definition) is 0. The van der Waals surface area contributed by atoms with Crippen LogP contribution in [-0.4, -0.2) is 9.97 Å². The molecule has 1 heterocycles. The largest absolute Gasteiger partial charge is 0.248 e. The van der Waals surface area contributed by atoms with E-state index in [-0.39, 0.29) is 0 Å². The summed E-state index contributed by atoms with van der Waals surface area (Å²) in [4.78, 5) is 8.79. The highest BCUT2D eigenvalue weighted by molar-refractivity contribution is 9.15. The van der Waals surface area contributed by atoms with Crippen LogP contribution in [-0.2, 0) is 0 Å². The van der Waals surface area contributed by atoms with Gasteiger partial charge in [-0.3, -0.25) is 0 Å². The fourth-order valence-electron chi connectivity index (χ4n) is 0.981. The molecule has 0 N–H and O–H groups in total. The van der Waals surface area contributed by atoms with Crippen molar-refractivity contribution in [3.63, 3.8) is 0 Å². The summed E-state index contributed by atoms with van der Waals surface area (Å²) in [6, 6.07) is 0. The molecule has 0 saturated heterocycles. The van der Waals surface area contributed by atoms with E-state index in [0.717, 1.165) is 22.8 Å². The average molecular weight is 318 g/mol. The second kappa shape index (κ2) is 4.36. The molecule has 0 amide bonds. The van der Waals surface area contributed by atoms with Gasteiger partial charge in [0.25, 0.3) is 0 Å². The third-order valence-corrected chi connectivity index (χ3v) is 2.57. The summed E-state index contributed by atoms with van der Waals surface area (Å²) in [6.45, 7) is 11.4. The molecule has 0 unspecified atom stereocenters. The molecular weight excluding hydrogens is 308 g/mol. The van der Waals surface area contributed by atoms with Gasteiger partial charge < -0.3 is 0 Å². The van der Waals surface area contributed by atoms with E-state index in [4.69, 9.17) is 0 Å². The molecule has 0 saturated carbocycles. The standard InChI is InChI=1S/C10H10Br2N2/c1-5(11)9-10(6(2)12)14-8(4)7(3)13-9/h1-2H2,3-4H3. The first-order chi connectivity index (χ1) is 6.43. The number of nitrogens with zero attached hydrogens (tertiary/aromatic N) is 2. The van der Waals surface area contributed by atoms with Gasteiger partial charge in [-0.2, -0.15) is 0 Å². The minimum atomic E-state index is 0.712. The third-order valence-electron chi connectivity index (χ3n) is 1.82. The summed E-state index contributed by atoms with van der Waals surface area (Å²) in [7, 11) is 0. The highest BCUT2D eigenvalue weighted by Crippen LogP contribution is 2.27. The van der Waals surface area contributed by atoms with Gasteiger partial charge in [-0.05, 0) is 45.7 Å². The van der Waals surface area contributed by atoms with E-state index < -0.39 is 0 Å². The Morgan fingerprint density at radius 1 is 0.929 bits per heavy atom. The van der Waals surface area contributed by atoms with Crippen LogP contribution in [0.15, 0.2) is 13.2 Å². The normalized spacial score (nSPS) is 10.0. The Morgan fingerprint density at radius 3 is 1.43 bits per heavy atom. The van der Waals surface area contributed by atoms with Crippen LogP contribution in [0.5, 0.6) is 0 Å². The molecule has 4 heteroatoms. The van der Waals surface area contributed by atoms with Crippen LogP contribution in [0.25, 0.3) is 8.96 Å². The van der Waals surface area contributed by atoms with Crippen LogP contribution >= 0.6 is 31.9 Å². The maximum absolute atomic E-state index is 4.39. The van der Waals surface area contributed by atoms with E-state index in [1.807, 2.05) is 13.8 Å². The minimum Gasteiger partial charge on any atom is -0.248 e. The zero-order valence-electron chi connectivity index (χ0n) is 8.06. The maximum Gasteiger partial charge on any atom is 0.104 e.